The van der Waals surface area contributed by atoms with Crippen LogP contribution in [-0.4, -0.2) is 29.6 Å². The minimum atomic E-state index is -0.519. The predicted molar refractivity (Wildman–Crippen MR) is 95.6 cm³/mol. The standard InChI is InChI=1S/C19H16FN3O4/c1-25-14-6-8-15(9-7-14)26-12-18(24)23-13-10-21-19(22-11-13)27-17-5-3-2-4-16(17)20/h2-11H,12H2,1H3,(H,23,24). The number of nitrogens with zero attached hydrogens (tertiary/aromatic N) is 2. The van der Waals surface area contributed by atoms with Gasteiger partial charge in [-0.15, -0.1) is 0 Å². The number of carbonyl (C=O) groups excluding carboxylic acids is 1. The van der Waals surface area contributed by atoms with Crippen molar-refractivity contribution in [1.29, 1.82) is 0 Å². The van der Waals surface area contributed by atoms with Gasteiger partial charge in [0.05, 0.1) is 25.2 Å². The van der Waals surface area contributed by atoms with Crippen LogP contribution in [0, 0.1) is 5.82 Å². The van der Waals surface area contributed by atoms with Gasteiger partial charge in [0.1, 0.15) is 11.5 Å². The first-order valence-corrected chi connectivity index (χ1v) is 7.95. The first-order valence-electron chi connectivity index (χ1n) is 7.95. The number of rotatable bonds is 7. The highest BCUT2D eigenvalue weighted by Crippen LogP contribution is 2.21. The summed E-state index contributed by atoms with van der Waals surface area (Å²) >= 11 is 0. The molecule has 3 rings (SSSR count). The molecule has 1 heterocycles. The quantitative estimate of drug-likeness (QED) is 0.687. The highest BCUT2D eigenvalue weighted by atomic mass is 19.1. The van der Waals surface area contributed by atoms with Gasteiger partial charge in [0, 0.05) is 0 Å². The number of hydrogen-bond donors (Lipinski definition) is 1. The summed E-state index contributed by atoms with van der Waals surface area (Å²) in [5, 5.41) is 2.59. The van der Waals surface area contributed by atoms with Crippen LogP contribution in [0.2, 0.25) is 0 Å². The molecule has 1 N–H and O–H groups in total. The molecule has 1 aromatic heterocycles. The molecule has 3 aromatic rings. The summed E-state index contributed by atoms with van der Waals surface area (Å²) in [5.74, 6) is 0.353. The molecule has 7 nitrogen and oxygen atoms in total. The topological polar surface area (TPSA) is 82.6 Å². The van der Waals surface area contributed by atoms with Gasteiger partial charge in [-0.3, -0.25) is 4.79 Å². The van der Waals surface area contributed by atoms with Crippen molar-refractivity contribution in [3.8, 4) is 23.3 Å². The van der Waals surface area contributed by atoms with Gasteiger partial charge in [-0.05, 0) is 36.4 Å². The van der Waals surface area contributed by atoms with E-state index in [0.29, 0.717) is 17.2 Å². The highest BCUT2D eigenvalue weighted by molar-refractivity contribution is 5.91. The number of ether oxygens (including phenoxy) is 3. The minimum absolute atomic E-state index is 0.0159. The van der Waals surface area contributed by atoms with E-state index in [-0.39, 0.29) is 24.3 Å². The number of anilines is 1. The molecule has 0 aliphatic heterocycles. The second-order valence-corrected chi connectivity index (χ2v) is 5.30. The Balaban J connectivity index is 1.51. The Morgan fingerprint density at radius 3 is 2.37 bits per heavy atom. The van der Waals surface area contributed by atoms with Gasteiger partial charge in [-0.25, -0.2) is 14.4 Å². The van der Waals surface area contributed by atoms with Crippen LogP contribution < -0.4 is 19.5 Å². The maximum absolute atomic E-state index is 13.5. The van der Waals surface area contributed by atoms with Gasteiger partial charge < -0.3 is 19.5 Å². The van der Waals surface area contributed by atoms with Gasteiger partial charge in [-0.2, -0.15) is 0 Å². The fraction of sp³-hybridized carbons (Fsp3) is 0.105. The van der Waals surface area contributed by atoms with Gasteiger partial charge in [0.25, 0.3) is 5.91 Å². The molecule has 0 spiro atoms. The summed E-state index contributed by atoms with van der Waals surface area (Å²) < 4.78 is 29.2. The Morgan fingerprint density at radius 2 is 1.70 bits per heavy atom. The van der Waals surface area contributed by atoms with E-state index in [0.717, 1.165) is 0 Å². The predicted octanol–water partition coefficient (Wildman–Crippen LogP) is 3.43. The van der Waals surface area contributed by atoms with Crippen LogP contribution in [0.25, 0.3) is 0 Å². The zero-order chi connectivity index (χ0) is 19.1. The van der Waals surface area contributed by atoms with E-state index in [1.54, 1.807) is 43.5 Å². The lowest BCUT2D eigenvalue weighted by atomic mass is 10.3. The van der Waals surface area contributed by atoms with Crippen molar-refractivity contribution in [1.82, 2.24) is 9.97 Å². The van der Waals surface area contributed by atoms with E-state index in [4.69, 9.17) is 14.2 Å². The molecule has 0 saturated heterocycles. The number of nitrogens with one attached hydrogen (secondary N) is 1. The third kappa shape index (κ3) is 5.15. The summed E-state index contributed by atoms with van der Waals surface area (Å²) in [6, 6.07) is 12.7. The number of aromatic nitrogens is 2. The average Bonchev–Trinajstić information content (AvgIpc) is 2.70. The SMILES string of the molecule is COc1ccc(OCC(=O)Nc2cnc(Oc3ccccc3F)nc2)cc1. The summed E-state index contributed by atoms with van der Waals surface area (Å²) in [6.45, 7) is -0.181. The van der Waals surface area contributed by atoms with E-state index in [2.05, 4.69) is 15.3 Å². The Kier molecular flexibility index (Phi) is 5.78. The van der Waals surface area contributed by atoms with Crippen LogP contribution in [0.1, 0.15) is 0 Å². The molecule has 0 saturated carbocycles. The summed E-state index contributed by atoms with van der Waals surface area (Å²) in [5.41, 5.74) is 0.360. The Hall–Kier alpha value is -3.68. The van der Waals surface area contributed by atoms with Crippen LogP contribution in [0.15, 0.2) is 60.9 Å². The number of carbonyl (C=O) groups is 1. The Bertz CT molecular complexity index is 902. The van der Waals surface area contributed by atoms with E-state index < -0.39 is 5.82 Å². The van der Waals surface area contributed by atoms with Crippen molar-refractivity contribution < 1.29 is 23.4 Å². The van der Waals surface area contributed by atoms with E-state index in [9.17, 15) is 9.18 Å². The number of halogens is 1. The molecule has 27 heavy (non-hydrogen) atoms. The zero-order valence-corrected chi connectivity index (χ0v) is 14.4. The first kappa shape index (κ1) is 18.1. The lowest BCUT2D eigenvalue weighted by molar-refractivity contribution is -0.118. The Labute approximate surface area is 154 Å². The first-order chi connectivity index (χ1) is 13.1. The molecule has 0 unspecified atom stereocenters. The van der Waals surface area contributed by atoms with Gasteiger partial charge in [-0.1, -0.05) is 12.1 Å². The largest absolute Gasteiger partial charge is 0.497 e. The summed E-state index contributed by atoms with van der Waals surface area (Å²) in [6.07, 6.45) is 2.71. The lowest BCUT2D eigenvalue weighted by Gasteiger charge is -2.08. The van der Waals surface area contributed by atoms with Gasteiger partial charge in [0.2, 0.25) is 0 Å². The van der Waals surface area contributed by atoms with Crippen LogP contribution >= 0.6 is 0 Å². The number of amides is 1. The molecule has 0 fully saturated rings. The summed E-state index contributed by atoms with van der Waals surface area (Å²) in [7, 11) is 1.57. The second-order valence-electron chi connectivity index (χ2n) is 5.30. The molecule has 0 bridgehead atoms. The normalized spacial score (nSPS) is 10.1. The molecule has 2 aromatic carbocycles. The van der Waals surface area contributed by atoms with Crippen molar-refractivity contribution in [2.45, 2.75) is 0 Å². The molecular formula is C19H16FN3O4. The average molecular weight is 369 g/mol. The van der Waals surface area contributed by atoms with Gasteiger partial charge in [0.15, 0.2) is 18.2 Å². The molecule has 0 atom stereocenters. The van der Waals surface area contributed by atoms with Crippen molar-refractivity contribution in [2.24, 2.45) is 0 Å². The number of benzene rings is 2. The fourth-order valence-electron chi connectivity index (χ4n) is 2.08. The highest BCUT2D eigenvalue weighted by Gasteiger charge is 2.08. The van der Waals surface area contributed by atoms with Crippen LogP contribution in [0.4, 0.5) is 10.1 Å². The number of para-hydroxylation sites is 1. The molecule has 0 aliphatic carbocycles. The second kappa shape index (κ2) is 8.61. The maximum atomic E-state index is 13.5. The number of methoxy groups -OCH3 is 1. The molecular weight excluding hydrogens is 353 g/mol. The molecule has 138 valence electrons. The van der Waals surface area contributed by atoms with E-state index >= 15 is 0 Å². The zero-order valence-electron chi connectivity index (χ0n) is 14.4. The van der Waals surface area contributed by atoms with E-state index in [1.165, 1.54) is 24.5 Å². The van der Waals surface area contributed by atoms with Crippen LogP contribution in [0.3, 0.4) is 0 Å². The molecule has 0 aliphatic rings. The van der Waals surface area contributed by atoms with Crippen LogP contribution in [-0.2, 0) is 4.79 Å². The number of hydrogen-bond acceptors (Lipinski definition) is 6. The van der Waals surface area contributed by atoms with Crippen molar-refractivity contribution in [2.75, 3.05) is 19.0 Å². The van der Waals surface area contributed by atoms with Crippen molar-refractivity contribution in [3.05, 3.63) is 66.7 Å². The van der Waals surface area contributed by atoms with Crippen molar-refractivity contribution in [3.63, 3.8) is 0 Å². The molecule has 8 heteroatoms. The molecule has 1 amide bonds. The summed E-state index contributed by atoms with van der Waals surface area (Å²) in [4.78, 5) is 19.8. The fourth-order valence-corrected chi connectivity index (χ4v) is 2.08. The third-order valence-corrected chi connectivity index (χ3v) is 3.38. The smallest absolute Gasteiger partial charge is 0.322 e. The van der Waals surface area contributed by atoms with E-state index in [1.807, 2.05) is 0 Å². The molecule has 0 radical (unpaired) electrons. The lowest BCUT2D eigenvalue weighted by Crippen LogP contribution is -2.20. The van der Waals surface area contributed by atoms with Crippen molar-refractivity contribution >= 4 is 11.6 Å². The third-order valence-electron chi connectivity index (χ3n) is 3.38. The van der Waals surface area contributed by atoms with Gasteiger partial charge >= 0.3 is 6.01 Å². The Morgan fingerprint density at radius 1 is 1.04 bits per heavy atom. The van der Waals surface area contributed by atoms with Crippen LogP contribution in [0.5, 0.6) is 23.3 Å². The minimum Gasteiger partial charge on any atom is -0.497 e. The monoisotopic (exact) mass is 369 g/mol. The maximum Gasteiger partial charge on any atom is 0.322 e.